The zero-order valence-corrected chi connectivity index (χ0v) is 19.6. The maximum absolute atomic E-state index is 11.3. The maximum atomic E-state index is 11.3. The zero-order chi connectivity index (χ0) is 23.9. The number of nitro groups is 1. The van der Waals surface area contributed by atoms with Crippen LogP contribution in [-0.2, 0) is 16.0 Å². The van der Waals surface area contributed by atoms with Crippen molar-refractivity contribution in [2.75, 3.05) is 6.61 Å². The molecule has 2 rings (SSSR count). The molecule has 0 fully saturated rings. The third kappa shape index (κ3) is 10.8. The highest BCUT2D eigenvalue weighted by atomic mass is 16.6. The molecule has 5 nitrogen and oxygen atoms in total. The van der Waals surface area contributed by atoms with E-state index in [0.717, 1.165) is 30.4 Å². The monoisotopic (exact) mass is 449 g/mol. The summed E-state index contributed by atoms with van der Waals surface area (Å²) in [7, 11) is 0. The van der Waals surface area contributed by atoms with Gasteiger partial charge in [-0.25, -0.2) is 4.79 Å². The Kier molecular flexibility index (Phi) is 11.7. The molecule has 0 aromatic heterocycles. The second-order valence-electron chi connectivity index (χ2n) is 8.42. The van der Waals surface area contributed by atoms with E-state index >= 15 is 0 Å². The van der Waals surface area contributed by atoms with E-state index in [9.17, 15) is 14.9 Å². The van der Waals surface area contributed by atoms with E-state index in [-0.39, 0.29) is 16.6 Å². The fourth-order valence-corrected chi connectivity index (χ4v) is 3.47. The number of hydrogen-bond donors (Lipinski definition) is 0. The Morgan fingerprint density at radius 1 is 0.848 bits per heavy atom. The predicted octanol–water partition coefficient (Wildman–Crippen LogP) is 7.55. The van der Waals surface area contributed by atoms with Crippen LogP contribution in [0.15, 0.2) is 60.7 Å². The molecule has 2 aromatic carbocycles. The molecule has 0 heterocycles. The summed E-state index contributed by atoms with van der Waals surface area (Å²) in [6, 6.07) is 15.1. The number of non-ortho nitro benzene ring substituents is 1. The van der Waals surface area contributed by atoms with E-state index in [0.29, 0.717) is 12.2 Å². The molecule has 5 heteroatoms. The van der Waals surface area contributed by atoms with Gasteiger partial charge in [0.25, 0.3) is 5.69 Å². The Labute approximate surface area is 197 Å². The number of ether oxygens (including phenoxy) is 1. The normalized spacial score (nSPS) is 10.9. The number of unbranched alkanes of at least 4 members (excludes halogenated alkanes) is 7. The Morgan fingerprint density at radius 3 is 1.85 bits per heavy atom. The van der Waals surface area contributed by atoms with Gasteiger partial charge >= 0.3 is 5.97 Å². The number of benzene rings is 2. The zero-order valence-electron chi connectivity index (χ0n) is 19.6. The second kappa shape index (κ2) is 14.8. The van der Waals surface area contributed by atoms with Crippen LogP contribution in [-0.4, -0.2) is 17.5 Å². The molecule has 0 aliphatic carbocycles. The number of aryl methyl sites for hydroxylation is 1. The lowest BCUT2D eigenvalue weighted by Crippen LogP contribution is -2.05. The molecule has 0 spiro atoms. The molecule has 0 radical (unpaired) electrons. The molecular weight excluding hydrogens is 414 g/mol. The summed E-state index contributed by atoms with van der Waals surface area (Å²) in [5.74, 6) is -0.289. The van der Waals surface area contributed by atoms with Gasteiger partial charge in [-0.1, -0.05) is 81.5 Å². The third-order valence-corrected chi connectivity index (χ3v) is 5.49. The van der Waals surface area contributed by atoms with Crippen LogP contribution < -0.4 is 0 Å². The summed E-state index contributed by atoms with van der Waals surface area (Å²) in [6.07, 6.45) is 14.5. The number of nitrogens with zero attached hydrogens (tertiary/aromatic N) is 1. The molecule has 0 bridgehead atoms. The van der Waals surface area contributed by atoms with Crippen LogP contribution in [0.1, 0.15) is 75.0 Å². The van der Waals surface area contributed by atoms with Crippen molar-refractivity contribution in [2.24, 2.45) is 0 Å². The highest BCUT2D eigenvalue weighted by molar-refractivity contribution is 5.86. The maximum Gasteiger partial charge on any atom is 0.333 e. The highest BCUT2D eigenvalue weighted by Crippen LogP contribution is 2.16. The van der Waals surface area contributed by atoms with E-state index in [2.05, 4.69) is 30.8 Å². The Hall–Kier alpha value is -3.21. The highest BCUT2D eigenvalue weighted by Gasteiger charge is 2.03. The first kappa shape index (κ1) is 26.0. The Morgan fingerprint density at radius 2 is 1.33 bits per heavy atom. The van der Waals surface area contributed by atoms with Crippen molar-refractivity contribution in [1.82, 2.24) is 0 Å². The SMILES string of the molecule is C=C(C)C(=O)OCCCCCCCCCCc1ccc(C=Cc2ccc([N+](=O)[O-])cc2)cc1. The van der Waals surface area contributed by atoms with Gasteiger partial charge in [-0.3, -0.25) is 10.1 Å². The number of hydrogen-bond acceptors (Lipinski definition) is 4. The van der Waals surface area contributed by atoms with Gasteiger partial charge in [-0.15, -0.1) is 0 Å². The van der Waals surface area contributed by atoms with Crippen LogP contribution in [0.5, 0.6) is 0 Å². The van der Waals surface area contributed by atoms with Crippen molar-refractivity contribution in [1.29, 1.82) is 0 Å². The number of esters is 1. The Bertz CT molecular complexity index is 914. The van der Waals surface area contributed by atoms with Gasteiger partial charge in [0.1, 0.15) is 0 Å². The van der Waals surface area contributed by atoms with Gasteiger partial charge in [-0.2, -0.15) is 0 Å². The molecule has 0 amide bonds. The average Bonchev–Trinajstić information content (AvgIpc) is 2.82. The third-order valence-electron chi connectivity index (χ3n) is 5.49. The fraction of sp³-hybridized carbons (Fsp3) is 0.393. The van der Waals surface area contributed by atoms with Gasteiger partial charge in [0, 0.05) is 17.7 Å². The Balaban J connectivity index is 1.53. The first-order chi connectivity index (χ1) is 16.0. The fourth-order valence-electron chi connectivity index (χ4n) is 3.47. The summed E-state index contributed by atoms with van der Waals surface area (Å²) in [4.78, 5) is 21.6. The minimum absolute atomic E-state index is 0.107. The number of nitro benzene ring substituents is 1. The minimum atomic E-state index is -0.387. The lowest BCUT2D eigenvalue weighted by molar-refractivity contribution is -0.384. The summed E-state index contributed by atoms with van der Waals surface area (Å²) < 4.78 is 5.09. The van der Waals surface area contributed by atoms with Crippen molar-refractivity contribution < 1.29 is 14.5 Å². The van der Waals surface area contributed by atoms with Crippen LogP contribution in [0, 0.1) is 10.1 Å². The average molecular weight is 450 g/mol. The van der Waals surface area contributed by atoms with E-state index in [1.807, 2.05) is 12.2 Å². The van der Waals surface area contributed by atoms with Crippen LogP contribution in [0.3, 0.4) is 0 Å². The van der Waals surface area contributed by atoms with Gasteiger partial charge < -0.3 is 4.74 Å². The molecule has 0 aliphatic rings. The lowest BCUT2D eigenvalue weighted by atomic mass is 10.0. The predicted molar refractivity (Wildman–Crippen MR) is 135 cm³/mol. The molecule has 0 unspecified atom stereocenters. The number of carbonyl (C=O) groups excluding carboxylic acids is 1. The van der Waals surface area contributed by atoms with Crippen molar-refractivity contribution >= 4 is 23.8 Å². The topological polar surface area (TPSA) is 69.4 Å². The van der Waals surface area contributed by atoms with E-state index in [4.69, 9.17) is 4.74 Å². The van der Waals surface area contributed by atoms with Crippen molar-refractivity contribution in [3.8, 4) is 0 Å². The van der Waals surface area contributed by atoms with E-state index in [1.165, 1.54) is 56.2 Å². The molecule has 33 heavy (non-hydrogen) atoms. The molecule has 0 atom stereocenters. The van der Waals surface area contributed by atoms with Crippen LogP contribution in [0.4, 0.5) is 5.69 Å². The largest absolute Gasteiger partial charge is 0.462 e. The molecule has 176 valence electrons. The van der Waals surface area contributed by atoms with Gasteiger partial charge in [0.15, 0.2) is 0 Å². The summed E-state index contributed by atoms with van der Waals surface area (Å²) >= 11 is 0. The van der Waals surface area contributed by atoms with Gasteiger partial charge in [0.2, 0.25) is 0 Å². The first-order valence-corrected chi connectivity index (χ1v) is 11.8. The molecule has 0 N–H and O–H groups in total. The van der Waals surface area contributed by atoms with E-state index < -0.39 is 0 Å². The van der Waals surface area contributed by atoms with Crippen molar-refractivity contribution in [3.05, 3.63) is 87.5 Å². The summed E-state index contributed by atoms with van der Waals surface area (Å²) in [5, 5.41) is 10.7. The molecule has 0 saturated heterocycles. The molecular formula is C28H35NO4. The number of rotatable bonds is 15. The quantitative estimate of drug-likeness (QED) is 0.0703. The standard InChI is InChI=1S/C28H35NO4/c1-23(2)28(30)33-22-10-8-6-4-3-5-7-9-11-24-12-14-25(15-13-24)16-17-26-18-20-27(21-19-26)29(31)32/h12-21H,1,3-11,22H2,2H3. The van der Waals surface area contributed by atoms with Crippen LogP contribution >= 0.6 is 0 Å². The van der Waals surface area contributed by atoms with Crippen molar-refractivity contribution in [3.63, 3.8) is 0 Å². The van der Waals surface area contributed by atoms with E-state index in [1.54, 1.807) is 19.1 Å². The number of carbonyl (C=O) groups is 1. The smallest absolute Gasteiger partial charge is 0.333 e. The molecule has 0 saturated carbocycles. The van der Waals surface area contributed by atoms with Crippen molar-refractivity contribution in [2.45, 2.75) is 64.7 Å². The van der Waals surface area contributed by atoms with Crippen LogP contribution in [0.25, 0.3) is 12.2 Å². The summed E-state index contributed by atoms with van der Waals surface area (Å²) in [6.45, 7) is 5.74. The molecule has 2 aromatic rings. The minimum Gasteiger partial charge on any atom is -0.462 e. The first-order valence-electron chi connectivity index (χ1n) is 11.8. The second-order valence-corrected chi connectivity index (χ2v) is 8.42. The van der Waals surface area contributed by atoms with Gasteiger partial charge in [0.05, 0.1) is 11.5 Å². The van der Waals surface area contributed by atoms with Gasteiger partial charge in [-0.05, 0) is 55.0 Å². The molecule has 0 aliphatic heterocycles. The summed E-state index contributed by atoms with van der Waals surface area (Å²) in [5.41, 5.74) is 3.98. The lowest BCUT2D eigenvalue weighted by Gasteiger charge is -2.05. The van der Waals surface area contributed by atoms with Crippen LogP contribution in [0.2, 0.25) is 0 Å².